The van der Waals surface area contributed by atoms with Gasteiger partial charge in [0.05, 0.1) is 4.70 Å². The molecule has 1 aromatic heterocycles. The summed E-state index contributed by atoms with van der Waals surface area (Å²) in [6, 6.07) is 20.4. The predicted molar refractivity (Wildman–Crippen MR) is 99.9 cm³/mol. The van der Waals surface area contributed by atoms with Gasteiger partial charge in [-0.1, -0.05) is 65.1 Å². The molecule has 110 valence electrons. The van der Waals surface area contributed by atoms with E-state index >= 15 is 0 Å². The van der Waals surface area contributed by atoms with Gasteiger partial charge in [0.15, 0.2) is 0 Å². The summed E-state index contributed by atoms with van der Waals surface area (Å²) in [5, 5.41) is 10.2. The summed E-state index contributed by atoms with van der Waals surface area (Å²) < 4.78 is 8.39. The lowest BCUT2D eigenvalue weighted by atomic mass is 10.1. The Kier molecular flexibility index (Phi) is 4.96. The SMILES string of the molecule is N#Cc1cc2cccc(O[C@@H](CCI)c3ccccc3)c2s1. The first kappa shape index (κ1) is 15.3. The van der Waals surface area contributed by atoms with Crippen molar-refractivity contribution in [3.63, 3.8) is 0 Å². The van der Waals surface area contributed by atoms with E-state index in [0.29, 0.717) is 0 Å². The lowest BCUT2D eigenvalue weighted by molar-refractivity contribution is 0.206. The third-order valence-corrected chi connectivity index (χ3v) is 5.12. The maximum Gasteiger partial charge on any atom is 0.138 e. The largest absolute Gasteiger partial charge is 0.484 e. The maximum atomic E-state index is 9.09. The van der Waals surface area contributed by atoms with Crippen molar-refractivity contribution in [1.82, 2.24) is 0 Å². The zero-order valence-corrected chi connectivity index (χ0v) is 14.8. The molecule has 3 rings (SSSR count). The molecule has 22 heavy (non-hydrogen) atoms. The lowest BCUT2D eigenvalue weighted by Gasteiger charge is -2.19. The Hall–Kier alpha value is -1.58. The van der Waals surface area contributed by atoms with Crippen LogP contribution in [0.2, 0.25) is 0 Å². The molecule has 0 amide bonds. The molecule has 3 aromatic rings. The number of nitriles is 1. The van der Waals surface area contributed by atoms with E-state index in [1.807, 2.05) is 42.5 Å². The van der Waals surface area contributed by atoms with Crippen LogP contribution in [0.25, 0.3) is 10.1 Å². The van der Waals surface area contributed by atoms with Crippen LogP contribution >= 0.6 is 33.9 Å². The quantitative estimate of drug-likeness (QED) is 0.392. The Bertz CT molecular complexity index is 807. The zero-order valence-electron chi connectivity index (χ0n) is 11.8. The van der Waals surface area contributed by atoms with Gasteiger partial charge in [0.1, 0.15) is 22.8 Å². The molecule has 0 aliphatic rings. The summed E-state index contributed by atoms with van der Waals surface area (Å²) >= 11 is 3.87. The molecule has 0 unspecified atom stereocenters. The van der Waals surface area contributed by atoms with Gasteiger partial charge in [0.2, 0.25) is 0 Å². The molecule has 0 bridgehead atoms. The first-order chi connectivity index (χ1) is 10.8. The van der Waals surface area contributed by atoms with Crippen LogP contribution in [0.1, 0.15) is 23.0 Å². The van der Waals surface area contributed by atoms with Gasteiger partial charge in [-0.3, -0.25) is 0 Å². The maximum absolute atomic E-state index is 9.09. The van der Waals surface area contributed by atoms with Crippen molar-refractivity contribution < 1.29 is 4.74 Å². The monoisotopic (exact) mass is 419 g/mol. The Morgan fingerprint density at radius 3 is 2.68 bits per heavy atom. The second-order valence-electron chi connectivity index (χ2n) is 4.89. The number of nitrogens with zero attached hydrogens (tertiary/aromatic N) is 1. The van der Waals surface area contributed by atoms with Crippen LogP contribution in [0.3, 0.4) is 0 Å². The van der Waals surface area contributed by atoms with Crippen molar-refractivity contribution in [3.8, 4) is 11.8 Å². The number of fused-ring (bicyclic) bond motifs is 1. The first-order valence-electron chi connectivity index (χ1n) is 7.02. The van der Waals surface area contributed by atoms with Crippen LogP contribution in [0.4, 0.5) is 0 Å². The van der Waals surface area contributed by atoms with E-state index < -0.39 is 0 Å². The van der Waals surface area contributed by atoms with E-state index in [-0.39, 0.29) is 6.10 Å². The Labute approximate surface area is 147 Å². The fourth-order valence-electron chi connectivity index (χ4n) is 2.40. The van der Waals surface area contributed by atoms with Crippen molar-refractivity contribution in [2.24, 2.45) is 0 Å². The average molecular weight is 419 g/mol. The number of benzene rings is 2. The fourth-order valence-corrected chi connectivity index (χ4v) is 3.88. The lowest BCUT2D eigenvalue weighted by Crippen LogP contribution is -2.08. The highest BCUT2D eigenvalue weighted by atomic mass is 127. The van der Waals surface area contributed by atoms with Gasteiger partial charge >= 0.3 is 0 Å². The number of hydrogen-bond acceptors (Lipinski definition) is 3. The van der Waals surface area contributed by atoms with Gasteiger partial charge in [-0.15, -0.1) is 11.3 Å². The highest BCUT2D eigenvalue weighted by Crippen LogP contribution is 2.36. The molecule has 0 N–H and O–H groups in total. The van der Waals surface area contributed by atoms with E-state index in [0.717, 1.165) is 31.6 Å². The zero-order chi connectivity index (χ0) is 15.4. The Balaban J connectivity index is 1.96. The second kappa shape index (κ2) is 7.12. The highest BCUT2D eigenvalue weighted by molar-refractivity contribution is 14.1. The number of rotatable bonds is 5. The number of ether oxygens (including phenoxy) is 1. The summed E-state index contributed by atoms with van der Waals surface area (Å²) in [4.78, 5) is 0.719. The predicted octanol–water partition coefficient (Wildman–Crippen LogP) is 5.72. The molecule has 4 heteroatoms. The number of thiophene rings is 1. The standard InChI is InChI=1S/C18H14INOS/c19-10-9-16(13-5-2-1-3-6-13)21-17-8-4-7-14-11-15(12-20)22-18(14)17/h1-8,11,16H,9-10H2/t16-/m0/s1. The van der Waals surface area contributed by atoms with Crippen LogP contribution in [-0.2, 0) is 0 Å². The minimum atomic E-state index is 0.0383. The molecule has 0 aliphatic carbocycles. The molecule has 0 radical (unpaired) electrons. The third kappa shape index (κ3) is 3.26. The van der Waals surface area contributed by atoms with E-state index in [9.17, 15) is 0 Å². The molecule has 1 atom stereocenters. The number of halogens is 1. The molecule has 0 saturated heterocycles. The van der Waals surface area contributed by atoms with Crippen LogP contribution in [0.15, 0.2) is 54.6 Å². The smallest absolute Gasteiger partial charge is 0.138 e. The summed E-state index contributed by atoms with van der Waals surface area (Å²) in [7, 11) is 0. The molecular formula is C18H14INOS. The fraction of sp³-hybridized carbons (Fsp3) is 0.167. The van der Waals surface area contributed by atoms with Crippen LogP contribution in [-0.4, -0.2) is 4.43 Å². The van der Waals surface area contributed by atoms with Gasteiger partial charge in [-0.2, -0.15) is 5.26 Å². The number of hydrogen-bond donors (Lipinski definition) is 0. The van der Waals surface area contributed by atoms with Crippen LogP contribution in [0, 0.1) is 11.3 Å². The summed E-state index contributed by atoms with van der Waals surface area (Å²) in [6.45, 7) is 0. The van der Waals surface area contributed by atoms with Gasteiger partial charge in [0, 0.05) is 4.43 Å². The molecular weight excluding hydrogens is 405 g/mol. The Morgan fingerprint density at radius 1 is 1.14 bits per heavy atom. The second-order valence-corrected chi connectivity index (χ2v) is 7.02. The minimum absolute atomic E-state index is 0.0383. The minimum Gasteiger partial charge on any atom is -0.484 e. The van der Waals surface area contributed by atoms with Gasteiger partial charge < -0.3 is 4.74 Å². The van der Waals surface area contributed by atoms with Crippen molar-refractivity contribution in [2.45, 2.75) is 12.5 Å². The van der Waals surface area contributed by atoms with E-state index in [4.69, 9.17) is 10.00 Å². The Morgan fingerprint density at radius 2 is 1.95 bits per heavy atom. The molecule has 2 nitrogen and oxygen atoms in total. The molecule has 0 aliphatic heterocycles. The first-order valence-corrected chi connectivity index (χ1v) is 9.36. The van der Waals surface area contributed by atoms with Gasteiger partial charge in [-0.25, -0.2) is 0 Å². The summed E-state index contributed by atoms with van der Waals surface area (Å²) in [5.41, 5.74) is 1.19. The van der Waals surface area contributed by atoms with Gasteiger partial charge in [-0.05, 0) is 29.5 Å². The van der Waals surface area contributed by atoms with Crippen LogP contribution < -0.4 is 4.74 Å². The third-order valence-electron chi connectivity index (χ3n) is 3.43. The molecule has 2 aromatic carbocycles. The van der Waals surface area contributed by atoms with E-state index in [1.54, 1.807) is 0 Å². The van der Waals surface area contributed by atoms with E-state index in [1.165, 1.54) is 16.9 Å². The van der Waals surface area contributed by atoms with Crippen molar-refractivity contribution in [2.75, 3.05) is 4.43 Å². The molecule has 0 spiro atoms. The molecule has 1 heterocycles. The highest BCUT2D eigenvalue weighted by Gasteiger charge is 2.15. The summed E-state index contributed by atoms with van der Waals surface area (Å²) in [6.07, 6.45) is 0.994. The normalized spacial score (nSPS) is 12.0. The number of alkyl halides is 1. The molecule has 0 saturated carbocycles. The topological polar surface area (TPSA) is 33.0 Å². The van der Waals surface area contributed by atoms with Crippen molar-refractivity contribution in [1.29, 1.82) is 5.26 Å². The van der Waals surface area contributed by atoms with Crippen molar-refractivity contribution >= 4 is 44.0 Å². The average Bonchev–Trinajstić information content (AvgIpc) is 2.99. The van der Waals surface area contributed by atoms with Crippen molar-refractivity contribution in [3.05, 3.63) is 65.0 Å². The van der Waals surface area contributed by atoms with E-state index in [2.05, 4.69) is 40.8 Å². The van der Waals surface area contributed by atoms with Crippen LogP contribution in [0.5, 0.6) is 5.75 Å². The van der Waals surface area contributed by atoms with Gasteiger partial charge in [0.25, 0.3) is 0 Å². The molecule has 0 fully saturated rings. The summed E-state index contributed by atoms with van der Waals surface area (Å²) in [5.74, 6) is 0.864.